The maximum atomic E-state index is 12.2. The van der Waals surface area contributed by atoms with Crippen molar-refractivity contribution in [2.24, 2.45) is 0 Å². The standard InChI is InChI=1S/C25H26ClN3O5/c1-16-5-7-18(8-6-16)14-29-25(26)20(17(2)28-29)10-12-24(31)34-15-23(30)27-21-13-19(32-3)9-11-22(21)33-4/h5-13H,14-15H2,1-4H3,(H,27,30). The quantitative estimate of drug-likeness (QED) is 0.358. The van der Waals surface area contributed by atoms with E-state index in [9.17, 15) is 9.59 Å². The Morgan fingerprint density at radius 2 is 1.82 bits per heavy atom. The van der Waals surface area contributed by atoms with Gasteiger partial charge in [0.2, 0.25) is 0 Å². The van der Waals surface area contributed by atoms with E-state index in [1.165, 1.54) is 31.9 Å². The molecule has 0 unspecified atom stereocenters. The Kier molecular flexibility index (Phi) is 8.32. The molecule has 8 nitrogen and oxygen atoms in total. The molecule has 3 aromatic rings. The van der Waals surface area contributed by atoms with Crippen molar-refractivity contribution < 1.29 is 23.8 Å². The zero-order chi connectivity index (χ0) is 24.7. The molecule has 34 heavy (non-hydrogen) atoms. The molecule has 2 aromatic carbocycles. The second kappa shape index (κ2) is 11.4. The van der Waals surface area contributed by atoms with Crippen LogP contribution >= 0.6 is 11.6 Å². The minimum absolute atomic E-state index is 0.404. The predicted octanol–water partition coefficient (Wildman–Crippen LogP) is 4.41. The van der Waals surface area contributed by atoms with E-state index in [-0.39, 0.29) is 0 Å². The molecule has 0 fully saturated rings. The fourth-order valence-corrected chi connectivity index (χ4v) is 3.46. The normalized spacial score (nSPS) is 10.9. The Hall–Kier alpha value is -3.78. The number of ether oxygens (including phenoxy) is 3. The highest BCUT2D eigenvalue weighted by atomic mass is 35.5. The maximum absolute atomic E-state index is 12.2. The molecule has 0 spiro atoms. The second-order valence-electron chi connectivity index (χ2n) is 7.49. The Morgan fingerprint density at radius 3 is 2.50 bits per heavy atom. The van der Waals surface area contributed by atoms with Crippen LogP contribution in [0.25, 0.3) is 6.08 Å². The van der Waals surface area contributed by atoms with Crippen LogP contribution < -0.4 is 14.8 Å². The number of hydrogen-bond donors (Lipinski definition) is 1. The highest BCUT2D eigenvalue weighted by molar-refractivity contribution is 6.31. The number of aromatic nitrogens is 2. The lowest BCUT2D eigenvalue weighted by Crippen LogP contribution is -2.20. The molecule has 1 aromatic heterocycles. The molecule has 1 heterocycles. The van der Waals surface area contributed by atoms with Crippen LogP contribution in [0.15, 0.2) is 48.5 Å². The number of nitrogens with zero attached hydrogens (tertiary/aromatic N) is 2. The molecule has 1 N–H and O–H groups in total. The Bertz CT molecular complexity index is 1200. The first-order chi connectivity index (χ1) is 16.3. The SMILES string of the molecule is COc1ccc(OC)c(NC(=O)COC(=O)C=Cc2c(C)nn(Cc3ccc(C)cc3)c2Cl)c1. The van der Waals surface area contributed by atoms with Crippen LogP contribution in [0.3, 0.4) is 0 Å². The van der Waals surface area contributed by atoms with E-state index in [2.05, 4.69) is 10.4 Å². The van der Waals surface area contributed by atoms with E-state index in [4.69, 9.17) is 25.8 Å². The molecule has 0 saturated heterocycles. The van der Waals surface area contributed by atoms with Gasteiger partial charge in [-0.3, -0.25) is 4.79 Å². The van der Waals surface area contributed by atoms with Crippen LogP contribution in [0.1, 0.15) is 22.4 Å². The number of amides is 1. The van der Waals surface area contributed by atoms with Crippen molar-refractivity contribution in [2.45, 2.75) is 20.4 Å². The Balaban J connectivity index is 1.58. The maximum Gasteiger partial charge on any atom is 0.331 e. The summed E-state index contributed by atoms with van der Waals surface area (Å²) in [4.78, 5) is 24.4. The summed E-state index contributed by atoms with van der Waals surface area (Å²) in [5.74, 6) is -0.206. The minimum Gasteiger partial charge on any atom is -0.497 e. The first-order valence-electron chi connectivity index (χ1n) is 10.5. The molecular weight excluding hydrogens is 458 g/mol. The topological polar surface area (TPSA) is 91.7 Å². The summed E-state index contributed by atoms with van der Waals surface area (Å²) in [7, 11) is 3.00. The van der Waals surface area contributed by atoms with E-state index in [0.29, 0.717) is 40.1 Å². The number of carbonyl (C=O) groups excluding carboxylic acids is 2. The fourth-order valence-electron chi connectivity index (χ4n) is 3.16. The van der Waals surface area contributed by atoms with E-state index < -0.39 is 18.5 Å². The van der Waals surface area contributed by atoms with Gasteiger partial charge in [-0.05, 0) is 37.6 Å². The van der Waals surface area contributed by atoms with Gasteiger partial charge >= 0.3 is 5.97 Å². The number of esters is 1. The summed E-state index contributed by atoms with van der Waals surface area (Å²) in [6.07, 6.45) is 2.74. The summed E-state index contributed by atoms with van der Waals surface area (Å²) in [5.41, 5.74) is 3.91. The average Bonchev–Trinajstić information content (AvgIpc) is 3.09. The van der Waals surface area contributed by atoms with Crippen LogP contribution in [0.4, 0.5) is 5.69 Å². The average molecular weight is 484 g/mol. The number of benzene rings is 2. The van der Waals surface area contributed by atoms with Gasteiger partial charge < -0.3 is 19.5 Å². The lowest BCUT2D eigenvalue weighted by atomic mass is 10.1. The molecule has 0 aliphatic rings. The van der Waals surface area contributed by atoms with Crippen LogP contribution in [0.5, 0.6) is 11.5 Å². The van der Waals surface area contributed by atoms with Gasteiger partial charge in [0.05, 0.1) is 32.1 Å². The number of rotatable bonds is 9. The molecule has 0 radical (unpaired) electrons. The largest absolute Gasteiger partial charge is 0.497 e. The van der Waals surface area contributed by atoms with E-state index in [0.717, 1.165) is 5.56 Å². The van der Waals surface area contributed by atoms with Crippen LogP contribution in [-0.2, 0) is 20.9 Å². The third kappa shape index (κ3) is 6.39. The van der Waals surface area contributed by atoms with Gasteiger partial charge in [0.25, 0.3) is 5.91 Å². The summed E-state index contributed by atoms with van der Waals surface area (Å²) in [6, 6.07) is 13.1. The van der Waals surface area contributed by atoms with Gasteiger partial charge in [-0.15, -0.1) is 0 Å². The van der Waals surface area contributed by atoms with Gasteiger partial charge in [-0.1, -0.05) is 41.4 Å². The third-order valence-corrected chi connectivity index (χ3v) is 5.37. The van der Waals surface area contributed by atoms with Gasteiger partial charge in [-0.25, -0.2) is 9.48 Å². The molecular formula is C25H26ClN3O5. The van der Waals surface area contributed by atoms with Crippen LogP contribution in [-0.4, -0.2) is 42.5 Å². The highest BCUT2D eigenvalue weighted by Gasteiger charge is 2.13. The number of halogens is 1. The minimum atomic E-state index is -0.686. The number of methoxy groups -OCH3 is 2. The molecule has 0 aliphatic heterocycles. The molecule has 0 aliphatic carbocycles. The number of carbonyl (C=O) groups is 2. The Morgan fingerprint density at radius 1 is 1.09 bits per heavy atom. The van der Waals surface area contributed by atoms with Crippen molar-refractivity contribution >= 4 is 35.2 Å². The monoisotopic (exact) mass is 483 g/mol. The van der Waals surface area contributed by atoms with Gasteiger partial charge in [0.15, 0.2) is 6.61 Å². The lowest BCUT2D eigenvalue weighted by Gasteiger charge is -2.11. The zero-order valence-electron chi connectivity index (χ0n) is 19.4. The fraction of sp³-hybridized carbons (Fsp3) is 0.240. The second-order valence-corrected chi connectivity index (χ2v) is 7.85. The predicted molar refractivity (Wildman–Crippen MR) is 130 cm³/mol. The number of aryl methyl sites for hydroxylation is 2. The van der Waals surface area contributed by atoms with Crippen molar-refractivity contribution in [2.75, 3.05) is 26.1 Å². The molecule has 0 saturated carbocycles. The smallest absolute Gasteiger partial charge is 0.331 e. The van der Waals surface area contributed by atoms with Crippen LogP contribution in [0.2, 0.25) is 5.15 Å². The summed E-state index contributed by atoms with van der Waals surface area (Å²) >= 11 is 6.48. The number of nitrogens with one attached hydrogen (secondary N) is 1. The van der Waals surface area contributed by atoms with Crippen molar-refractivity contribution in [3.05, 3.63) is 76.1 Å². The van der Waals surface area contributed by atoms with E-state index in [1.54, 1.807) is 29.8 Å². The molecule has 1 amide bonds. The molecule has 178 valence electrons. The number of anilines is 1. The van der Waals surface area contributed by atoms with Gasteiger partial charge in [0.1, 0.15) is 16.7 Å². The lowest BCUT2D eigenvalue weighted by molar-refractivity contribution is -0.142. The van der Waals surface area contributed by atoms with E-state index in [1.807, 2.05) is 31.2 Å². The van der Waals surface area contributed by atoms with E-state index >= 15 is 0 Å². The van der Waals surface area contributed by atoms with Crippen molar-refractivity contribution in [1.29, 1.82) is 0 Å². The third-order valence-electron chi connectivity index (χ3n) is 4.97. The Labute approximate surface area is 203 Å². The molecule has 3 rings (SSSR count). The van der Waals surface area contributed by atoms with Gasteiger partial charge in [0, 0.05) is 17.7 Å². The summed E-state index contributed by atoms with van der Waals surface area (Å²) < 4.78 is 17.1. The molecule has 0 bridgehead atoms. The first-order valence-corrected chi connectivity index (χ1v) is 10.8. The van der Waals surface area contributed by atoms with Crippen molar-refractivity contribution in [3.63, 3.8) is 0 Å². The highest BCUT2D eigenvalue weighted by Crippen LogP contribution is 2.28. The van der Waals surface area contributed by atoms with Crippen molar-refractivity contribution in [3.8, 4) is 11.5 Å². The first kappa shape index (κ1) is 24.9. The molecule has 0 atom stereocenters. The molecule has 9 heteroatoms. The number of hydrogen-bond acceptors (Lipinski definition) is 6. The zero-order valence-corrected chi connectivity index (χ0v) is 20.2. The summed E-state index contributed by atoms with van der Waals surface area (Å²) in [5, 5.41) is 7.49. The van der Waals surface area contributed by atoms with Crippen LogP contribution in [0, 0.1) is 13.8 Å². The van der Waals surface area contributed by atoms with Gasteiger partial charge in [-0.2, -0.15) is 5.10 Å². The van der Waals surface area contributed by atoms with Crippen molar-refractivity contribution in [1.82, 2.24) is 9.78 Å². The summed E-state index contributed by atoms with van der Waals surface area (Å²) in [6.45, 7) is 3.86.